The molecule has 0 spiro atoms. The van der Waals surface area contributed by atoms with E-state index in [1.807, 2.05) is 72.3 Å². The van der Waals surface area contributed by atoms with Crippen LogP contribution in [0.3, 0.4) is 0 Å². The van der Waals surface area contributed by atoms with Crippen LogP contribution >= 0.6 is 11.8 Å². The zero-order chi connectivity index (χ0) is 17.2. The summed E-state index contributed by atoms with van der Waals surface area (Å²) >= 11 is 1.48. The molecular weight excluding hydrogens is 330 g/mol. The van der Waals surface area contributed by atoms with Crippen molar-refractivity contribution < 1.29 is 4.79 Å². The standard InChI is InChI=1S/C20H17N3OS/c1-14(19(24)17-13-22-18-10-6-5-9-16(17)18)25-20-21-11-12-23(20)15-7-3-2-4-8-15/h2-14,22H,1H3/t14-/m1/s1. The van der Waals surface area contributed by atoms with Gasteiger partial charge >= 0.3 is 0 Å². The predicted molar refractivity (Wildman–Crippen MR) is 102 cm³/mol. The van der Waals surface area contributed by atoms with Gasteiger partial charge in [0.2, 0.25) is 0 Å². The van der Waals surface area contributed by atoms with Gasteiger partial charge in [0.25, 0.3) is 0 Å². The highest BCUT2D eigenvalue weighted by atomic mass is 32.2. The molecule has 2 aromatic heterocycles. The van der Waals surface area contributed by atoms with Gasteiger partial charge in [-0.1, -0.05) is 48.2 Å². The molecule has 4 aromatic rings. The number of thioether (sulfide) groups is 1. The van der Waals surface area contributed by atoms with Gasteiger partial charge in [-0.2, -0.15) is 0 Å². The second-order valence-corrected chi connectivity index (χ2v) is 7.10. The summed E-state index contributed by atoms with van der Waals surface area (Å²) in [5.74, 6) is 0.102. The van der Waals surface area contributed by atoms with Gasteiger partial charge in [-0.15, -0.1) is 0 Å². The number of carbonyl (C=O) groups is 1. The van der Waals surface area contributed by atoms with Crippen LogP contribution in [0.2, 0.25) is 0 Å². The summed E-state index contributed by atoms with van der Waals surface area (Å²) in [7, 11) is 0. The number of rotatable bonds is 5. The zero-order valence-corrected chi connectivity index (χ0v) is 14.5. The molecule has 0 aliphatic heterocycles. The Bertz CT molecular complexity index is 1020. The van der Waals surface area contributed by atoms with E-state index in [9.17, 15) is 4.79 Å². The first-order valence-corrected chi connectivity index (χ1v) is 8.98. The molecule has 4 nitrogen and oxygen atoms in total. The van der Waals surface area contributed by atoms with Crippen LogP contribution in [-0.2, 0) is 0 Å². The van der Waals surface area contributed by atoms with Crippen molar-refractivity contribution in [2.45, 2.75) is 17.3 Å². The summed E-state index contributed by atoms with van der Waals surface area (Å²) < 4.78 is 2.00. The smallest absolute Gasteiger partial charge is 0.178 e. The fraction of sp³-hybridized carbons (Fsp3) is 0.100. The minimum Gasteiger partial charge on any atom is -0.360 e. The maximum atomic E-state index is 12.9. The number of aromatic nitrogens is 3. The van der Waals surface area contributed by atoms with Gasteiger partial charge in [-0.05, 0) is 25.1 Å². The fourth-order valence-electron chi connectivity index (χ4n) is 2.87. The number of nitrogens with one attached hydrogen (secondary N) is 1. The van der Waals surface area contributed by atoms with Crippen LogP contribution in [0.4, 0.5) is 0 Å². The van der Waals surface area contributed by atoms with Gasteiger partial charge in [0.15, 0.2) is 10.9 Å². The van der Waals surface area contributed by atoms with Crippen LogP contribution in [0.5, 0.6) is 0 Å². The number of aromatic amines is 1. The van der Waals surface area contributed by atoms with Crippen molar-refractivity contribution in [2.75, 3.05) is 0 Å². The minimum absolute atomic E-state index is 0.102. The normalized spacial score (nSPS) is 12.4. The highest BCUT2D eigenvalue weighted by molar-refractivity contribution is 8.00. The van der Waals surface area contributed by atoms with Gasteiger partial charge in [0, 0.05) is 40.7 Å². The Hall–Kier alpha value is -2.79. The quantitative estimate of drug-likeness (QED) is 0.420. The first-order valence-electron chi connectivity index (χ1n) is 8.10. The molecule has 0 aliphatic rings. The Morgan fingerprint density at radius 2 is 1.88 bits per heavy atom. The molecule has 4 rings (SSSR count). The molecule has 1 N–H and O–H groups in total. The number of ketones is 1. The molecule has 25 heavy (non-hydrogen) atoms. The van der Waals surface area contributed by atoms with E-state index < -0.39 is 0 Å². The molecule has 124 valence electrons. The van der Waals surface area contributed by atoms with Crippen molar-refractivity contribution in [1.82, 2.24) is 14.5 Å². The molecule has 1 atom stereocenters. The Labute approximate surface area is 149 Å². The topological polar surface area (TPSA) is 50.7 Å². The van der Waals surface area contributed by atoms with Gasteiger partial charge < -0.3 is 4.98 Å². The predicted octanol–water partition coefficient (Wildman–Crippen LogP) is 4.72. The number of nitrogens with zero attached hydrogens (tertiary/aromatic N) is 2. The third-order valence-electron chi connectivity index (χ3n) is 4.15. The van der Waals surface area contributed by atoms with Gasteiger partial charge in [-0.25, -0.2) is 4.98 Å². The minimum atomic E-state index is -0.232. The van der Waals surface area contributed by atoms with Crippen molar-refractivity contribution in [1.29, 1.82) is 0 Å². The molecule has 0 aliphatic carbocycles. The van der Waals surface area contributed by atoms with Crippen LogP contribution in [0.1, 0.15) is 17.3 Å². The lowest BCUT2D eigenvalue weighted by Crippen LogP contribution is -2.14. The lowest BCUT2D eigenvalue weighted by atomic mass is 10.1. The molecular formula is C20H17N3OS. The third kappa shape index (κ3) is 2.98. The second-order valence-electron chi connectivity index (χ2n) is 5.79. The van der Waals surface area contributed by atoms with Crippen molar-refractivity contribution in [3.63, 3.8) is 0 Å². The Kier molecular flexibility index (Phi) is 4.15. The van der Waals surface area contributed by atoms with E-state index in [1.165, 1.54) is 11.8 Å². The summed E-state index contributed by atoms with van der Waals surface area (Å²) in [6.07, 6.45) is 5.48. The number of H-pyrrole nitrogens is 1. The maximum Gasteiger partial charge on any atom is 0.178 e. The Morgan fingerprint density at radius 3 is 2.72 bits per heavy atom. The van der Waals surface area contributed by atoms with Crippen molar-refractivity contribution in [2.24, 2.45) is 0 Å². The molecule has 0 radical (unpaired) electrons. The van der Waals surface area contributed by atoms with E-state index in [2.05, 4.69) is 9.97 Å². The summed E-state index contributed by atoms with van der Waals surface area (Å²) in [5.41, 5.74) is 2.75. The molecule has 0 unspecified atom stereocenters. The molecule has 0 amide bonds. The number of fused-ring (bicyclic) bond motifs is 1. The van der Waals surface area contributed by atoms with E-state index >= 15 is 0 Å². The SMILES string of the molecule is C[C@@H](Sc1nccn1-c1ccccc1)C(=O)c1c[nH]c2ccccc12. The molecule has 2 aromatic carbocycles. The van der Waals surface area contributed by atoms with Gasteiger partial charge in [0.05, 0.1) is 5.25 Å². The van der Waals surface area contributed by atoms with Crippen LogP contribution in [0.25, 0.3) is 16.6 Å². The maximum absolute atomic E-state index is 12.9. The highest BCUT2D eigenvalue weighted by Gasteiger charge is 2.21. The first-order chi connectivity index (χ1) is 12.2. The Morgan fingerprint density at radius 1 is 1.12 bits per heavy atom. The lowest BCUT2D eigenvalue weighted by Gasteiger charge is -2.11. The van der Waals surface area contributed by atoms with E-state index in [0.29, 0.717) is 0 Å². The molecule has 0 saturated heterocycles. The van der Waals surface area contributed by atoms with Crippen molar-refractivity contribution in [3.05, 3.63) is 78.8 Å². The third-order valence-corrected chi connectivity index (χ3v) is 5.23. The molecule has 2 heterocycles. The van der Waals surface area contributed by atoms with Crippen LogP contribution in [-0.4, -0.2) is 25.6 Å². The van der Waals surface area contributed by atoms with Crippen LogP contribution < -0.4 is 0 Å². The Balaban J connectivity index is 1.60. The number of hydrogen-bond acceptors (Lipinski definition) is 3. The van der Waals surface area contributed by atoms with E-state index in [4.69, 9.17) is 0 Å². The molecule has 0 bridgehead atoms. The lowest BCUT2D eigenvalue weighted by molar-refractivity contribution is 0.0995. The molecule has 5 heteroatoms. The van der Waals surface area contributed by atoms with E-state index in [0.717, 1.165) is 27.3 Å². The first kappa shape index (κ1) is 15.7. The summed E-state index contributed by atoms with van der Waals surface area (Å²) in [6.45, 7) is 1.93. The zero-order valence-electron chi connectivity index (χ0n) is 13.7. The summed E-state index contributed by atoms with van der Waals surface area (Å²) in [4.78, 5) is 20.5. The van der Waals surface area contributed by atoms with Crippen molar-refractivity contribution in [3.8, 4) is 5.69 Å². The average Bonchev–Trinajstić information content (AvgIpc) is 3.28. The monoisotopic (exact) mass is 347 g/mol. The van der Waals surface area contributed by atoms with Crippen molar-refractivity contribution >= 4 is 28.4 Å². The van der Waals surface area contributed by atoms with E-state index in [-0.39, 0.29) is 11.0 Å². The fourth-order valence-corrected chi connectivity index (χ4v) is 3.82. The van der Waals surface area contributed by atoms with Gasteiger partial charge in [0.1, 0.15) is 0 Å². The molecule has 0 saturated carbocycles. The van der Waals surface area contributed by atoms with Gasteiger partial charge in [-0.3, -0.25) is 9.36 Å². The number of Topliss-reactive ketones (excluding diaryl/α,β-unsaturated/α-hetero) is 1. The number of carbonyl (C=O) groups excluding carboxylic acids is 1. The number of para-hydroxylation sites is 2. The van der Waals surface area contributed by atoms with Crippen LogP contribution in [0.15, 0.2) is 78.3 Å². The number of hydrogen-bond donors (Lipinski definition) is 1. The van der Waals surface area contributed by atoms with Crippen LogP contribution in [0, 0.1) is 0 Å². The highest BCUT2D eigenvalue weighted by Crippen LogP contribution is 2.28. The largest absolute Gasteiger partial charge is 0.360 e. The number of imidazole rings is 1. The van der Waals surface area contributed by atoms with E-state index in [1.54, 1.807) is 12.4 Å². The molecule has 0 fully saturated rings. The summed E-state index contributed by atoms with van der Waals surface area (Å²) in [5, 5.41) is 1.54. The number of benzene rings is 2. The average molecular weight is 347 g/mol. The second kappa shape index (κ2) is 6.61. The summed E-state index contributed by atoms with van der Waals surface area (Å²) in [6, 6.07) is 17.9.